The minimum Gasteiger partial charge on any atom is -0.469 e. The molecule has 0 bridgehead atoms. The Morgan fingerprint density at radius 2 is 2.40 bits per heavy atom. The van der Waals surface area contributed by atoms with Crippen molar-refractivity contribution >= 4 is 22.9 Å². The highest BCUT2D eigenvalue weighted by molar-refractivity contribution is 8.13. The van der Waals surface area contributed by atoms with E-state index in [0.717, 1.165) is 17.3 Å². The Kier molecular flexibility index (Phi) is 4.45. The molecule has 15 heavy (non-hydrogen) atoms. The van der Waals surface area contributed by atoms with Crippen LogP contribution in [0.25, 0.3) is 0 Å². The Balaban J connectivity index is 2.36. The molecule has 0 amide bonds. The molecule has 1 fully saturated rings. The second-order valence-electron chi connectivity index (χ2n) is 4.12. The summed E-state index contributed by atoms with van der Waals surface area (Å²) < 4.78 is 4.55. The Morgan fingerprint density at radius 1 is 1.67 bits per heavy atom. The van der Waals surface area contributed by atoms with Gasteiger partial charge in [-0.1, -0.05) is 11.8 Å². The summed E-state index contributed by atoms with van der Waals surface area (Å²) in [5.74, 6) is 0.872. The zero-order chi connectivity index (χ0) is 11.3. The van der Waals surface area contributed by atoms with Gasteiger partial charge in [-0.2, -0.15) is 0 Å². The number of hydrogen-bond donors (Lipinski definition) is 1. The zero-order valence-corrected chi connectivity index (χ0v) is 10.3. The van der Waals surface area contributed by atoms with E-state index in [1.807, 2.05) is 0 Å². The van der Waals surface area contributed by atoms with Gasteiger partial charge in [-0.3, -0.25) is 9.79 Å². The molecule has 1 heterocycles. The lowest BCUT2D eigenvalue weighted by molar-refractivity contribution is -0.140. The van der Waals surface area contributed by atoms with Crippen molar-refractivity contribution in [2.24, 2.45) is 4.99 Å². The largest absolute Gasteiger partial charge is 0.469 e. The smallest absolute Gasteiger partial charge is 0.307 e. The van der Waals surface area contributed by atoms with Gasteiger partial charge in [0.1, 0.15) is 0 Å². The van der Waals surface area contributed by atoms with Crippen molar-refractivity contribution in [1.29, 1.82) is 0 Å². The van der Waals surface area contributed by atoms with E-state index in [1.54, 1.807) is 11.8 Å². The molecular formula is C10H18N2O2S. The molecule has 1 N–H and O–H groups in total. The van der Waals surface area contributed by atoms with Crippen LogP contribution < -0.4 is 5.32 Å². The van der Waals surface area contributed by atoms with Crippen LogP contribution in [0.1, 0.15) is 26.7 Å². The number of amidine groups is 1. The molecule has 1 rings (SSSR count). The van der Waals surface area contributed by atoms with Crippen LogP contribution in [-0.2, 0) is 9.53 Å². The highest BCUT2D eigenvalue weighted by Crippen LogP contribution is 2.21. The quantitative estimate of drug-likeness (QED) is 0.745. The first kappa shape index (κ1) is 12.4. The average molecular weight is 230 g/mol. The first-order valence-electron chi connectivity index (χ1n) is 5.06. The Morgan fingerprint density at radius 3 is 3.00 bits per heavy atom. The highest BCUT2D eigenvalue weighted by Gasteiger charge is 2.23. The molecule has 1 aliphatic rings. The Labute approximate surface area is 94.9 Å². The SMILES string of the molecule is COC(=O)CCN=C1NC(C)(C)CCS1. The van der Waals surface area contributed by atoms with Crippen molar-refractivity contribution < 1.29 is 9.53 Å². The van der Waals surface area contributed by atoms with Gasteiger partial charge in [0.05, 0.1) is 20.1 Å². The van der Waals surface area contributed by atoms with Crippen molar-refractivity contribution in [1.82, 2.24) is 5.32 Å². The van der Waals surface area contributed by atoms with E-state index in [9.17, 15) is 4.79 Å². The maximum absolute atomic E-state index is 10.9. The van der Waals surface area contributed by atoms with Crippen molar-refractivity contribution in [3.05, 3.63) is 0 Å². The fraction of sp³-hybridized carbons (Fsp3) is 0.800. The standard InChI is InChI=1S/C10H18N2O2S/c1-10(2)5-7-15-9(12-10)11-6-4-8(13)14-3/h4-7H2,1-3H3,(H,11,12). The molecule has 4 nitrogen and oxygen atoms in total. The van der Waals surface area contributed by atoms with Crippen LogP contribution in [0.4, 0.5) is 0 Å². The molecule has 0 aromatic carbocycles. The van der Waals surface area contributed by atoms with Gasteiger partial charge in [-0.15, -0.1) is 0 Å². The van der Waals surface area contributed by atoms with Gasteiger partial charge < -0.3 is 10.1 Å². The van der Waals surface area contributed by atoms with Gasteiger partial charge in [-0.25, -0.2) is 0 Å². The van der Waals surface area contributed by atoms with Gasteiger partial charge >= 0.3 is 5.97 Å². The van der Waals surface area contributed by atoms with Gasteiger partial charge in [0.2, 0.25) is 0 Å². The normalized spacial score (nSPS) is 22.2. The van der Waals surface area contributed by atoms with Gasteiger partial charge in [0.25, 0.3) is 0 Å². The van der Waals surface area contributed by atoms with E-state index in [1.165, 1.54) is 7.11 Å². The molecular weight excluding hydrogens is 212 g/mol. The van der Waals surface area contributed by atoms with Crippen molar-refractivity contribution in [2.45, 2.75) is 32.2 Å². The third-order valence-electron chi connectivity index (χ3n) is 2.21. The minimum absolute atomic E-state index is 0.120. The molecule has 0 aromatic heterocycles. The summed E-state index contributed by atoms with van der Waals surface area (Å²) >= 11 is 1.71. The molecule has 0 saturated carbocycles. The van der Waals surface area contributed by atoms with Crippen LogP contribution in [0.2, 0.25) is 0 Å². The van der Waals surface area contributed by atoms with E-state index in [2.05, 4.69) is 28.9 Å². The number of hydrogen-bond acceptors (Lipinski definition) is 4. The molecule has 86 valence electrons. The minimum atomic E-state index is -0.209. The molecule has 0 unspecified atom stereocenters. The van der Waals surface area contributed by atoms with Crippen molar-refractivity contribution in [3.63, 3.8) is 0 Å². The van der Waals surface area contributed by atoms with Gasteiger partial charge in [0.15, 0.2) is 5.17 Å². The van der Waals surface area contributed by atoms with Gasteiger partial charge in [-0.05, 0) is 20.3 Å². The van der Waals surface area contributed by atoms with Crippen LogP contribution in [0, 0.1) is 0 Å². The first-order valence-corrected chi connectivity index (χ1v) is 6.04. The van der Waals surface area contributed by atoms with Crippen LogP contribution in [0.15, 0.2) is 4.99 Å². The third kappa shape index (κ3) is 4.55. The van der Waals surface area contributed by atoms with Crippen LogP contribution in [0.3, 0.4) is 0 Å². The molecule has 0 aliphatic carbocycles. The lowest BCUT2D eigenvalue weighted by Crippen LogP contribution is -2.46. The number of aliphatic imine (C=N–C) groups is 1. The molecule has 5 heteroatoms. The number of nitrogens with one attached hydrogen (secondary N) is 1. The Bertz CT molecular complexity index is 264. The number of esters is 1. The summed E-state index contributed by atoms with van der Waals surface area (Å²) in [5.41, 5.74) is 0.120. The summed E-state index contributed by atoms with van der Waals surface area (Å²) in [4.78, 5) is 15.2. The van der Waals surface area contributed by atoms with Crippen LogP contribution in [0.5, 0.6) is 0 Å². The molecule has 0 aromatic rings. The summed E-state index contributed by atoms with van der Waals surface area (Å²) in [5, 5.41) is 4.29. The predicted octanol–water partition coefficient (Wildman–Crippen LogP) is 1.41. The topological polar surface area (TPSA) is 50.7 Å². The van der Waals surface area contributed by atoms with E-state index < -0.39 is 0 Å². The lowest BCUT2D eigenvalue weighted by atomic mass is 10.0. The molecule has 0 spiro atoms. The fourth-order valence-electron chi connectivity index (χ4n) is 1.23. The number of carbonyl (C=O) groups is 1. The molecule has 0 radical (unpaired) electrons. The average Bonchev–Trinajstić information content (AvgIpc) is 2.16. The number of methoxy groups -OCH3 is 1. The monoisotopic (exact) mass is 230 g/mol. The fourth-order valence-corrected chi connectivity index (χ4v) is 2.56. The van der Waals surface area contributed by atoms with E-state index in [0.29, 0.717) is 13.0 Å². The molecule has 1 saturated heterocycles. The first-order chi connectivity index (χ1) is 7.03. The predicted molar refractivity (Wildman–Crippen MR) is 63.2 cm³/mol. The highest BCUT2D eigenvalue weighted by atomic mass is 32.2. The number of thioether (sulfide) groups is 1. The zero-order valence-electron chi connectivity index (χ0n) is 9.50. The van der Waals surface area contributed by atoms with E-state index in [4.69, 9.17) is 0 Å². The number of carbonyl (C=O) groups excluding carboxylic acids is 1. The number of nitrogens with zero attached hydrogens (tertiary/aromatic N) is 1. The van der Waals surface area contributed by atoms with E-state index in [-0.39, 0.29) is 11.5 Å². The summed E-state index contributed by atoms with van der Waals surface area (Å²) in [6.07, 6.45) is 1.48. The second kappa shape index (κ2) is 5.39. The number of rotatable bonds is 3. The maximum atomic E-state index is 10.9. The maximum Gasteiger partial charge on any atom is 0.307 e. The summed E-state index contributed by atoms with van der Waals surface area (Å²) in [6, 6.07) is 0. The number of ether oxygens (including phenoxy) is 1. The second-order valence-corrected chi connectivity index (χ2v) is 5.20. The van der Waals surface area contributed by atoms with Gasteiger partial charge in [0, 0.05) is 11.3 Å². The van der Waals surface area contributed by atoms with E-state index >= 15 is 0 Å². The Hall–Kier alpha value is -0.710. The summed E-state index contributed by atoms with van der Waals surface area (Å²) in [6.45, 7) is 4.81. The lowest BCUT2D eigenvalue weighted by Gasteiger charge is -2.32. The van der Waals surface area contributed by atoms with Crippen LogP contribution >= 0.6 is 11.8 Å². The third-order valence-corrected chi connectivity index (χ3v) is 3.12. The van der Waals surface area contributed by atoms with Crippen LogP contribution in [-0.4, -0.2) is 36.1 Å². The van der Waals surface area contributed by atoms with Crippen molar-refractivity contribution in [2.75, 3.05) is 19.4 Å². The molecule has 1 aliphatic heterocycles. The summed E-state index contributed by atoms with van der Waals surface area (Å²) in [7, 11) is 1.40. The van der Waals surface area contributed by atoms with Crippen molar-refractivity contribution in [3.8, 4) is 0 Å². The molecule has 0 atom stereocenters.